The highest BCUT2D eigenvalue weighted by Crippen LogP contribution is 2.48. The first-order valence-corrected chi connectivity index (χ1v) is 7.26. The maximum Gasteiger partial charge on any atom is 0.269 e. The minimum absolute atomic E-state index is 0.0781. The highest BCUT2D eigenvalue weighted by molar-refractivity contribution is 5.98. The van der Waals surface area contributed by atoms with E-state index in [4.69, 9.17) is 0 Å². The summed E-state index contributed by atoms with van der Waals surface area (Å²) in [6.07, 6.45) is 0. The van der Waals surface area contributed by atoms with Crippen LogP contribution in [0, 0.1) is 5.41 Å². The third kappa shape index (κ3) is 2.26. The second-order valence-corrected chi connectivity index (χ2v) is 6.02. The molecule has 22 heavy (non-hydrogen) atoms. The Balaban J connectivity index is 1.84. The van der Waals surface area contributed by atoms with Gasteiger partial charge in [0, 0.05) is 5.56 Å². The van der Waals surface area contributed by atoms with Crippen molar-refractivity contribution >= 4 is 11.8 Å². The molecule has 0 aromatic heterocycles. The van der Waals surface area contributed by atoms with Crippen molar-refractivity contribution in [2.24, 2.45) is 5.41 Å². The topological polar surface area (TPSA) is 49.4 Å². The first kappa shape index (κ1) is 14.3. The minimum atomic E-state index is -0.522. The summed E-state index contributed by atoms with van der Waals surface area (Å²) in [6, 6.07) is 18.5. The molecule has 2 aromatic rings. The van der Waals surface area contributed by atoms with Crippen LogP contribution in [0.15, 0.2) is 60.7 Å². The molecule has 4 nitrogen and oxygen atoms in total. The number of β-lactam (4-membered cyclic amide) rings is 1. The Morgan fingerprint density at radius 3 is 2.14 bits per heavy atom. The maximum atomic E-state index is 12.3. The summed E-state index contributed by atoms with van der Waals surface area (Å²) in [5.74, 6) is -0.351. The van der Waals surface area contributed by atoms with Crippen LogP contribution >= 0.6 is 0 Å². The predicted octanol–water partition coefficient (Wildman–Crippen LogP) is 2.94. The van der Waals surface area contributed by atoms with E-state index in [9.17, 15) is 9.59 Å². The monoisotopic (exact) mass is 294 g/mol. The summed E-state index contributed by atoms with van der Waals surface area (Å²) in [5.41, 5.74) is 3.76. The van der Waals surface area contributed by atoms with Crippen LogP contribution in [0.2, 0.25) is 0 Å². The van der Waals surface area contributed by atoms with Crippen molar-refractivity contribution in [3.63, 3.8) is 0 Å². The lowest BCUT2D eigenvalue weighted by molar-refractivity contribution is -0.174. The average Bonchev–Trinajstić information content (AvgIpc) is 2.55. The van der Waals surface area contributed by atoms with Crippen LogP contribution < -0.4 is 5.43 Å². The van der Waals surface area contributed by atoms with Gasteiger partial charge in [0.15, 0.2) is 0 Å². The number of nitrogens with one attached hydrogen (secondary N) is 1. The molecule has 1 fully saturated rings. The van der Waals surface area contributed by atoms with E-state index in [1.54, 1.807) is 24.3 Å². The summed E-state index contributed by atoms with van der Waals surface area (Å²) in [7, 11) is 0. The van der Waals surface area contributed by atoms with Crippen molar-refractivity contribution in [3.8, 4) is 0 Å². The Hall–Kier alpha value is -2.62. The van der Waals surface area contributed by atoms with E-state index in [2.05, 4.69) is 5.43 Å². The molecule has 112 valence electrons. The molecule has 1 aliphatic heterocycles. The van der Waals surface area contributed by atoms with E-state index in [0.717, 1.165) is 5.56 Å². The lowest BCUT2D eigenvalue weighted by Crippen LogP contribution is -2.66. The van der Waals surface area contributed by atoms with Gasteiger partial charge in [-0.05, 0) is 31.5 Å². The van der Waals surface area contributed by atoms with Crippen LogP contribution in [0.4, 0.5) is 0 Å². The number of rotatable bonds is 3. The molecule has 0 aliphatic carbocycles. The van der Waals surface area contributed by atoms with Gasteiger partial charge in [0.2, 0.25) is 5.91 Å². The fraction of sp³-hybridized carbons (Fsp3) is 0.222. The number of hydrazine groups is 1. The molecule has 2 aromatic carbocycles. The SMILES string of the molecule is CC1(C)C(=O)N(NC(=O)c2ccccc2)C1c1ccccc1. The Kier molecular flexibility index (Phi) is 3.45. The highest BCUT2D eigenvalue weighted by atomic mass is 16.2. The van der Waals surface area contributed by atoms with Gasteiger partial charge >= 0.3 is 0 Å². The molecule has 2 amide bonds. The van der Waals surface area contributed by atoms with Crippen molar-refractivity contribution in [2.45, 2.75) is 19.9 Å². The first-order chi connectivity index (χ1) is 10.5. The van der Waals surface area contributed by atoms with Gasteiger partial charge in [-0.3, -0.25) is 15.0 Å². The van der Waals surface area contributed by atoms with Crippen LogP contribution in [0.1, 0.15) is 35.8 Å². The molecule has 3 rings (SSSR count). The normalized spacial score (nSPS) is 19.5. The molecule has 1 unspecified atom stereocenters. The van der Waals surface area contributed by atoms with E-state index in [-0.39, 0.29) is 17.9 Å². The summed E-state index contributed by atoms with van der Waals surface area (Å²) in [5, 5.41) is 1.44. The lowest BCUT2D eigenvalue weighted by atomic mass is 9.72. The summed E-state index contributed by atoms with van der Waals surface area (Å²) in [6.45, 7) is 3.80. The molecule has 1 aliphatic rings. The fourth-order valence-electron chi connectivity index (χ4n) is 2.88. The third-order valence-corrected chi connectivity index (χ3v) is 4.09. The molecule has 0 spiro atoms. The second kappa shape index (κ2) is 5.30. The van der Waals surface area contributed by atoms with Crippen molar-refractivity contribution in [1.29, 1.82) is 0 Å². The molecular formula is C18H18N2O2. The summed E-state index contributed by atoms with van der Waals surface area (Å²) < 4.78 is 0. The van der Waals surface area contributed by atoms with E-state index in [1.807, 2.05) is 50.2 Å². The number of carbonyl (C=O) groups excluding carboxylic acids is 2. The van der Waals surface area contributed by atoms with Gasteiger partial charge in [-0.15, -0.1) is 0 Å². The zero-order valence-electron chi connectivity index (χ0n) is 12.6. The number of amides is 2. The molecular weight excluding hydrogens is 276 g/mol. The maximum absolute atomic E-state index is 12.3. The van der Waals surface area contributed by atoms with Gasteiger partial charge in [0.05, 0.1) is 11.5 Å². The molecule has 0 bridgehead atoms. The Morgan fingerprint density at radius 2 is 1.55 bits per heavy atom. The van der Waals surface area contributed by atoms with Crippen molar-refractivity contribution in [3.05, 3.63) is 71.8 Å². The molecule has 0 saturated carbocycles. The van der Waals surface area contributed by atoms with E-state index >= 15 is 0 Å². The fourth-order valence-corrected chi connectivity index (χ4v) is 2.88. The van der Waals surface area contributed by atoms with Crippen molar-refractivity contribution < 1.29 is 9.59 Å². The number of benzene rings is 2. The van der Waals surface area contributed by atoms with Gasteiger partial charge in [0.25, 0.3) is 5.91 Å². The van der Waals surface area contributed by atoms with Gasteiger partial charge < -0.3 is 0 Å². The van der Waals surface area contributed by atoms with E-state index in [0.29, 0.717) is 5.56 Å². The van der Waals surface area contributed by atoms with E-state index in [1.165, 1.54) is 5.01 Å². The van der Waals surface area contributed by atoms with Gasteiger partial charge in [-0.25, -0.2) is 5.01 Å². The smallest absolute Gasteiger partial charge is 0.269 e. The number of hydrogen-bond donors (Lipinski definition) is 1. The first-order valence-electron chi connectivity index (χ1n) is 7.26. The zero-order valence-corrected chi connectivity index (χ0v) is 12.6. The molecule has 1 heterocycles. The van der Waals surface area contributed by atoms with Crippen molar-refractivity contribution in [1.82, 2.24) is 10.4 Å². The predicted molar refractivity (Wildman–Crippen MR) is 83.7 cm³/mol. The molecule has 4 heteroatoms. The van der Waals surface area contributed by atoms with Crippen LogP contribution in [-0.2, 0) is 4.79 Å². The Bertz CT molecular complexity index is 696. The summed E-state index contributed by atoms with van der Waals surface area (Å²) >= 11 is 0. The molecule has 1 atom stereocenters. The standard InChI is InChI=1S/C18H18N2O2/c1-18(2)15(13-9-5-3-6-10-13)20(17(18)22)19-16(21)14-11-7-4-8-12-14/h3-12,15H,1-2H3,(H,19,21). The second-order valence-electron chi connectivity index (χ2n) is 6.02. The Morgan fingerprint density at radius 1 is 1.00 bits per heavy atom. The van der Waals surface area contributed by atoms with Gasteiger partial charge in [0.1, 0.15) is 0 Å². The van der Waals surface area contributed by atoms with Crippen LogP contribution in [0.5, 0.6) is 0 Å². The number of carbonyl (C=O) groups is 2. The average molecular weight is 294 g/mol. The quantitative estimate of drug-likeness (QED) is 0.885. The minimum Gasteiger partial charge on any atom is -0.272 e. The third-order valence-electron chi connectivity index (χ3n) is 4.09. The highest BCUT2D eigenvalue weighted by Gasteiger charge is 2.55. The zero-order chi connectivity index (χ0) is 15.7. The molecule has 1 saturated heterocycles. The van der Waals surface area contributed by atoms with E-state index < -0.39 is 5.41 Å². The molecule has 0 radical (unpaired) electrons. The Labute approximate surface area is 129 Å². The van der Waals surface area contributed by atoms with Crippen LogP contribution in [-0.4, -0.2) is 16.8 Å². The largest absolute Gasteiger partial charge is 0.272 e. The number of nitrogens with zero attached hydrogens (tertiary/aromatic N) is 1. The van der Waals surface area contributed by atoms with Crippen molar-refractivity contribution in [2.75, 3.05) is 0 Å². The van der Waals surface area contributed by atoms with Gasteiger partial charge in [-0.2, -0.15) is 0 Å². The van der Waals surface area contributed by atoms with Gasteiger partial charge in [-0.1, -0.05) is 48.5 Å². The summed E-state index contributed by atoms with van der Waals surface area (Å²) in [4.78, 5) is 24.6. The van der Waals surface area contributed by atoms with Crippen LogP contribution in [0.3, 0.4) is 0 Å². The van der Waals surface area contributed by atoms with Crippen LogP contribution in [0.25, 0.3) is 0 Å². The lowest BCUT2D eigenvalue weighted by Gasteiger charge is -2.52. The molecule has 1 N–H and O–H groups in total. The number of hydrogen-bond acceptors (Lipinski definition) is 2.